The van der Waals surface area contributed by atoms with E-state index in [1.54, 1.807) is 4.90 Å². The zero-order chi connectivity index (χ0) is 13.3. The SMILES string of the molecule is CC(=O)N(C1CC1)C1(C(=O)O)CCCC(C)CC1. The maximum atomic E-state index is 11.9. The highest BCUT2D eigenvalue weighted by atomic mass is 16.4. The van der Waals surface area contributed by atoms with Crippen LogP contribution in [0.2, 0.25) is 0 Å². The summed E-state index contributed by atoms with van der Waals surface area (Å²) in [6.45, 7) is 3.69. The number of carbonyl (C=O) groups excluding carboxylic acids is 1. The molecule has 4 heteroatoms. The van der Waals surface area contributed by atoms with Crippen LogP contribution in [0.5, 0.6) is 0 Å². The predicted octanol–water partition coefficient (Wildman–Crippen LogP) is 2.42. The number of carboxylic acids is 1. The minimum Gasteiger partial charge on any atom is -0.479 e. The van der Waals surface area contributed by atoms with Gasteiger partial charge in [0.1, 0.15) is 5.54 Å². The Morgan fingerprint density at radius 3 is 2.33 bits per heavy atom. The lowest BCUT2D eigenvalue weighted by Gasteiger charge is -2.40. The van der Waals surface area contributed by atoms with Crippen LogP contribution < -0.4 is 0 Å². The first-order valence-electron chi connectivity index (χ1n) is 7.00. The van der Waals surface area contributed by atoms with Crippen molar-refractivity contribution in [2.45, 2.75) is 70.4 Å². The number of aliphatic carboxylic acids is 1. The van der Waals surface area contributed by atoms with E-state index < -0.39 is 11.5 Å². The van der Waals surface area contributed by atoms with Crippen LogP contribution in [0.15, 0.2) is 0 Å². The number of carbonyl (C=O) groups is 2. The number of nitrogens with zero attached hydrogens (tertiary/aromatic N) is 1. The molecule has 2 atom stereocenters. The molecule has 2 unspecified atom stereocenters. The topological polar surface area (TPSA) is 57.6 Å². The number of hydrogen-bond acceptors (Lipinski definition) is 2. The van der Waals surface area contributed by atoms with Crippen LogP contribution in [-0.4, -0.2) is 33.5 Å². The molecule has 102 valence electrons. The molecule has 1 amide bonds. The summed E-state index contributed by atoms with van der Waals surface area (Å²) in [4.78, 5) is 25.4. The maximum absolute atomic E-state index is 11.9. The summed E-state index contributed by atoms with van der Waals surface area (Å²) < 4.78 is 0. The molecule has 0 aliphatic heterocycles. The molecule has 0 saturated heterocycles. The first kappa shape index (κ1) is 13.4. The molecule has 2 fully saturated rings. The van der Waals surface area contributed by atoms with Crippen LogP contribution in [-0.2, 0) is 9.59 Å². The van der Waals surface area contributed by atoms with Gasteiger partial charge < -0.3 is 10.0 Å². The van der Waals surface area contributed by atoms with Crippen LogP contribution in [0.1, 0.15) is 58.8 Å². The Morgan fingerprint density at radius 2 is 1.83 bits per heavy atom. The van der Waals surface area contributed by atoms with E-state index in [-0.39, 0.29) is 11.9 Å². The van der Waals surface area contributed by atoms with Crippen molar-refractivity contribution in [2.24, 2.45) is 5.92 Å². The Kier molecular flexibility index (Phi) is 3.64. The standard InChI is InChI=1S/C14H23NO3/c1-10-4-3-8-14(9-7-10,13(17)18)15(11(2)16)12-5-6-12/h10,12H,3-9H2,1-2H3,(H,17,18). The molecule has 0 aromatic heterocycles. The fourth-order valence-electron chi connectivity index (χ4n) is 3.30. The quantitative estimate of drug-likeness (QED) is 0.786. The van der Waals surface area contributed by atoms with Crippen molar-refractivity contribution in [1.82, 2.24) is 4.90 Å². The van der Waals surface area contributed by atoms with E-state index in [4.69, 9.17) is 0 Å². The van der Waals surface area contributed by atoms with Crippen molar-refractivity contribution in [1.29, 1.82) is 0 Å². The van der Waals surface area contributed by atoms with E-state index in [1.807, 2.05) is 0 Å². The van der Waals surface area contributed by atoms with Crippen molar-refractivity contribution in [3.8, 4) is 0 Å². The van der Waals surface area contributed by atoms with Crippen LogP contribution in [0.3, 0.4) is 0 Å². The first-order valence-corrected chi connectivity index (χ1v) is 7.00. The first-order chi connectivity index (χ1) is 8.47. The van der Waals surface area contributed by atoms with Crippen molar-refractivity contribution in [3.63, 3.8) is 0 Å². The van der Waals surface area contributed by atoms with E-state index in [1.165, 1.54) is 6.92 Å². The molecule has 2 aliphatic carbocycles. The molecule has 0 spiro atoms. The highest BCUT2D eigenvalue weighted by molar-refractivity contribution is 5.86. The summed E-state index contributed by atoms with van der Waals surface area (Å²) in [6, 6.07) is 0.173. The minimum atomic E-state index is -0.933. The Hall–Kier alpha value is -1.06. The van der Waals surface area contributed by atoms with Crippen LogP contribution >= 0.6 is 0 Å². The number of amides is 1. The zero-order valence-corrected chi connectivity index (χ0v) is 11.3. The largest absolute Gasteiger partial charge is 0.479 e. The molecule has 4 nitrogen and oxygen atoms in total. The van der Waals surface area contributed by atoms with Gasteiger partial charge in [0.15, 0.2) is 0 Å². The lowest BCUT2D eigenvalue weighted by molar-refractivity contribution is -0.160. The third-order valence-electron chi connectivity index (χ3n) is 4.45. The summed E-state index contributed by atoms with van der Waals surface area (Å²) in [5.41, 5.74) is -0.933. The smallest absolute Gasteiger partial charge is 0.329 e. The molecule has 0 radical (unpaired) electrons. The van der Waals surface area contributed by atoms with Gasteiger partial charge in [-0.25, -0.2) is 4.79 Å². The average molecular weight is 253 g/mol. The monoisotopic (exact) mass is 253 g/mol. The molecule has 2 rings (SSSR count). The minimum absolute atomic E-state index is 0.0746. The highest BCUT2D eigenvalue weighted by Crippen LogP contribution is 2.41. The summed E-state index contributed by atoms with van der Waals surface area (Å²) in [5.74, 6) is -0.313. The van der Waals surface area contributed by atoms with E-state index in [2.05, 4.69) is 6.92 Å². The van der Waals surface area contributed by atoms with Crippen molar-refractivity contribution in [2.75, 3.05) is 0 Å². The lowest BCUT2D eigenvalue weighted by Crippen LogP contribution is -2.57. The number of carboxylic acid groups (broad SMARTS) is 1. The summed E-state index contributed by atoms with van der Waals surface area (Å²) in [7, 11) is 0. The highest BCUT2D eigenvalue weighted by Gasteiger charge is 2.51. The van der Waals surface area contributed by atoms with E-state index in [9.17, 15) is 14.7 Å². The lowest BCUT2D eigenvalue weighted by atomic mass is 9.87. The maximum Gasteiger partial charge on any atom is 0.329 e. The van der Waals surface area contributed by atoms with E-state index in [0.717, 1.165) is 32.1 Å². The third-order valence-corrected chi connectivity index (χ3v) is 4.45. The predicted molar refractivity (Wildman–Crippen MR) is 68.2 cm³/mol. The normalized spacial score (nSPS) is 32.7. The van der Waals surface area contributed by atoms with Gasteiger partial charge in [-0.3, -0.25) is 4.79 Å². The van der Waals surface area contributed by atoms with E-state index >= 15 is 0 Å². The van der Waals surface area contributed by atoms with Crippen molar-refractivity contribution in [3.05, 3.63) is 0 Å². The molecule has 0 aromatic rings. The molecular formula is C14H23NO3. The molecular weight excluding hydrogens is 230 g/mol. The molecule has 2 saturated carbocycles. The molecule has 2 aliphatic rings. The second kappa shape index (κ2) is 4.90. The van der Waals surface area contributed by atoms with Gasteiger partial charge in [-0.15, -0.1) is 0 Å². The number of rotatable bonds is 3. The summed E-state index contributed by atoms with van der Waals surface area (Å²) in [5, 5.41) is 9.70. The molecule has 0 aromatic carbocycles. The Labute approximate surface area is 108 Å². The molecule has 18 heavy (non-hydrogen) atoms. The van der Waals surface area contributed by atoms with Gasteiger partial charge in [-0.05, 0) is 38.0 Å². The van der Waals surface area contributed by atoms with Gasteiger partial charge in [-0.1, -0.05) is 19.8 Å². The Morgan fingerprint density at radius 1 is 1.17 bits per heavy atom. The second-order valence-electron chi connectivity index (χ2n) is 5.99. The van der Waals surface area contributed by atoms with Crippen molar-refractivity contribution < 1.29 is 14.7 Å². The average Bonchev–Trinajstić information content (AvgIpc) is 3.08. The number of hydrogen-bond donors (Lipinski definition) is 1. The van der Waals surface area contributed by atoms with Crippen LogP contribution in [0.25, 0.3) is 0 Å². The van der Waals surface area contributed by atoms with Crippen LogP contribution in [0.4, 0.5) is 0 Å². The summed E-state index contributed by atoms with van der Waals surface area (Å²) >= 11 is 0. The second-order valence-corrected chi connectivity index (χ2v) is 5.99. The fraction of sp³-hybridized carbons (Fsp3) is 0.857. The zero-order valence-electron chi connectivity index (χ0n) is 11.3. The fourth-order valence-corrected chi connectivity index (χ4v) is 3.30. The molecule has 0 bridgehead atoms. The Balaban J connectivity index is 2.29. The van der Waals surface area contributed by atoms with Gasteiger partial charge in [0.2, 0.25) is 5.91 Å². The summed E-state index contributed by atoms with van der Waals surface area (Å²) in [6.07, 6.45) is 6.04. The van der Waals surface area contributed by atoms with Crippen molar-refractivity contribution >= 4 is 11.9 Å². The third kappa shape index (κ3) is 2.38. The van der Waals surface area contributed by atoms with Crippen LogP contribution in [0, 0.1) is 5.92 Å². The molecule has 1 N–H and O–H groups in total. The van der Waals surface area contributed by atoms with Gasteiger partial charge in [0.25, 0.3) is 0 Å². The van der Waals surface area contributed by atoms with Gasteiger partial charge in [-0.2, -0.15) is 0 Å². The van der Waals surface area contributed by atoms with Gasteiger partial charge >= 0.3 is 5.97 Å². The van der Waals surface area contributed by atoms with Gasteiger partial charge in [0, 0.05) is 13.0 Å². The van der Waals surface area contributed by atoms with E-state index in [0.29, 0.717) is 18.8 Å². The van der Waals surface area contributed by atoms with Gasteiger partial charge in [0.05, 0.1) is 0 Å². The molecule has 0 heterocycles. The Bertz CT molecular complexity index is 351.